The minimum Gasteiger partial charge on any atom is -0.312 e. The van der Waals surface area contributed by atoms with Crippen molar-refractivity contribution in [3.05, 3.63) is 12.7 Å². The molecule has 0 aromatic carbocycles. The minimum absolute atomic E-state index is 0.583. The second-order valence-corrected chi connectivity index (χ2v) is 1.87. The molecule has 0 saturated heterocycles. The van der Waals surface area contributed by atoms with Crippen molar-refractivity contribution in [2.45, 2.75) is 6.32 Å². The maximum absolute atomic E-state index is 4.91. The summed E-state index contributed by atoms with van der Waals surface area (Å²) in [4.78, 5) is 2.00. The molecule has 0 spiro atoms. The number of rotatable bonds is 1. The lowest BCUT2D eigenvalue weighted by Gasteiger charge is -1.90. The molecule has 0 atom stereocenters. The average Bonchev–Trinajstić information content (AvgIpc) is 1.65. The standard InChI is InChI=1S/C3H5B.C3H9N/c1-2-3-4;1-4(2)3/h2H,1,3H2;1-3H3. The Morgan fingerprint density at radius 3 is 1.62 bits per heavy atom. The Morgan fingerprint density at radius 1 is 1.50 bits per heavy atom. The van der Waals surface area contributed by atoms with Crippen LogP contribution in [-0.4, -0.2) is 33.9 Å². The summed E-state index contributed by atoms with van der Waals surface area (Å²) >= 11 is 0. The van der Waals surface area contributed by atoms with Gasteiger partial charge < -0.3 is 4.90 Å². The van der Waals surface area contributed by atoms with E-state index in [1.165, 1.54) is 0 Å². The molecule has 8 heavy (non-hydrogen) atoms. The lowest BCUT2D eigenvalue weighted by atomic mass is 10.1. The van der Waals surface area contributed by atoms with Crippen LogP contribution in [0.1, 0.15) is 0 Å². The monoisotopic (exact) mass is 111 g/mol. The van der Waals surface area contributed by atoms with Crippen molar-refractivity contribution in [3.63, 3.8) is 0 Å². The van der Waals surface area contributed by atoms with Crippen LogP contribution in [0.5, 0.6) is 0 Å². The largest absolute Gasteiger partial charge is 0.312 e. The van der Waals surface area contributed by atoms with Gasteiger partial charge in [0.2, 0.25) is 0 Å². The van der Waals surface area contributed by atoms with Gasteiger partial charge in [-0.15, -0.1) is 12.7 Å². The van der Waals surface area contributed by atoms with E-state index in [0.29, 0.717) is 6.32 Å². The summed E-state index contributed by atoms with van der Waals surface area (Å²) in [5.74, 6) is 0. The van der Waals surface area contributed by atoms with Gasteiger partial charge in [-0.25, -0.2) is 0 Å². The maximum Gasteiger partial charge on any atom is 0.0708 e. The van der Waals surface area contributed by atoms with Gasteiger partial charge in [0.25, 0.3) is 0 Å². The summed E-state index contributed by atoms with van der Waals surface area (Å²) in [6, 6.07) is 0. The van der Waals surface area contributed by atoms with Crippen LogP contribution in [0.2, 0.25) is 6.32 Å². The second-order valence-electron chi connectivity index (χ2n) is 1.87. The smallest absolute Gasteiger partial charge is 0.0708 e. The van der Waals surface area contributed by atoms with Crippen molar-refractivity contribution < 1.29 is 0 Å². The molecule has 2 radical (unpaired) electrons. The fraction of sp³-hybridized carbons (Fsp3) is 0.667. The highest BCUT2D eigenvalue weighted by Gasteiger charge is 1.58. The average molecular weight is 111 g/mol. The fourth-order valence-corrected chi connectivity index (χ4v) is 0. The van der Waals surface area contributed by atoms with Crippen LogP contribution in [0.4, 0.5) is 0 Å². The Kier molecular flexibility index (Phi) is 13.2. The van der Waals surface area contributed by atoms with Gasteiger partial charge in [-0.3, -0.25) is 0 Å². The third-order valence-corrected chi connectivity index (χ3v) is 0.167. The van der Waals surface area contributed by atoms with E-state index < -0.39 is 0 Å². The number of hydrogen-bond donors (Lipinski definition) is 0. The Labute approximate surface area is 53.8 Å². The van der Waals surface area contributed by atoms with E-state index in [1.54, 1.807) is 6.08 Å². The van der Waals surface area contributed by atoms with E-state index in [9.17, 15) is 0 Å². The third kappa shape index (κ3) is 224. The first-order valence-electron chi connectivity index (χ1n) is 2.57. The summed E-state index contributed by atoms with van der Waals surface area (Å²) < 4.78 is 0. The van der Waals surface area contributed by atoms with Gasteiger partial charge in [0.05, 0.1) is 7.85 Å². The molecule has 0 saturated carbocycles. The van der Waals surface area contributed by atoms with Gasteiger partial charge in [-0.1, -0.05) is 6.32 Å². The molecule has 0 heterocycles. The molecule has 0 amide bonds. The molecule has 0 rings (SSSR count). The predicted octanol–water partition coefficient (Wildman–Crippen LogP) is 0.937. The molecular formula is C6H14BN. The van der Waals surface area contributed by atoms with Crippen LogP contribution in [-0.2, 0) is 0 Å². The Balaban J connectivity index is 0. The number of nitrogens with zero attached hydrogens (tertiary/aromatic N) is 1. The van der Waals surface area contributed by atoms with Crippen molar-refractivity contribution in [1.82, 2.24) is 4.90 Å². The van der Waals surface area contributed by atoms with Crippen LogP contribution in [0.3, 0.4) is 0 Å². The number of hydrogen-bond acceptors (Lipinski definition) is 1. The normalized spacial score (nSPS) is 7.50. The van der Waals surface area contributed by atoms with E-state index in [0.717, 1.165) is 0 Å². The van der Waals surface area contributed by atoms with Gasteiger partial charge in [0, 0.05) is 0 Å². The first kappa shape index (κ1) is 10.7. The molecule has 0 aromatic heterocycles. The fourth-order valence-electron chi connectivity index (χ4n) is 0. The highest BCUT2D eigenvalue weighted by Crippen LogP contribution is 1.61. The topological polar surface area (TPSA) is 3.24 Å². The van der Waals surface area contributed by atoms with Crippen molar-refractivity contribution >= 4 is 7.85 Å². The summed E-state index contributed by atoms with van der Waals surface area (Å²) in [6.07, 6.45) is 2.24. The Morgan fingerprint density at radius 2 is 1.62 bits per heavy atom. The molecule has 0 unspecified atom stereocenters. The second kappa shape index (κ2) is 9.90. The molecule has 0 N–H and O–H groups in total. The lowest BCUT2D eigenvalue weighted by Crippen LogP contribution is -1.99. The van der Waals surface area contributed by atoms with E-state index in [4.69, 9.17) is 7.85 Å². The van der Waals surface area contributed by atoms with Crippen LogP contribution >= 0.6 is 0 Å². The Bertz CT molecular complexity index is 41.0. The first-order valence-corrected chi connectivity index (χ1v) is 2.57. The molecular weight excluding hydrogens is 96.9 g/mol. The van der Waals surface area contributed by atoms with Crippen LogP contribution in [0.15, 0.2) is 12.7 Å². The minimum atomic E-state index is 0.583. The predicted molar refractivity (Wildman–Crippen MR) is 40.4 cm³/mol. The summed E-state index contributed by atoms with van der Waals surface area (Å²) in [5, 5.41) is 0. The SMILES string of the molecule is CN(C)C.[B]CC=C. The zero-order valence-electron chi connectivity index (χ0n) is 6.02. The molecule has 0 aliphatic rings. The number of allylic oxidation sites excluding steroid dienone is 1. The van der Waals surface area contributed by atoms with Crippen molar-refractivity contribution in [2.75, 3.05) is 21.1 Å². The van der Waals surface area contributed by atoms with Crippen LogP contribution < -0.4 is 0 Å². The van der Waals surface area contributed by atoms with E-state index in [2.05, 4.69) is 6.58 Å². The molecule has 0 fully saturated rings. The van der Waals surface area contributed by atoms with Gasteiger partial charge in [-0.2, -0.15) is 0 Å². The maximum atomic E-state index is 4.91. The summed E-state index contributed by atoms with van der Waals surface area (Å²) in [7, 11) is 10.9. The van der Waals surface area contributed by atoms with Gasteiger partial charge in [0.15, 0.2) is 0 Å². The molecule has 0 aromatic rings. The highest BCUT2D eigenvalue weighted by molar-refractivity contribution is 6.09. The van der Waals surface area contributed by atoms with E-state index in [1.807, 2.05) is 26.0 Å². The molecule has 0 aliphatic carbocycles. The van der Waals surface area contributed by atoms with E-state index in [-0.39, 0.29) is 0 Å². The molecule has 0 aliphatic heterocycles. The van der Waals surface area contributed by atoms with Gasteiger partial charge in [-0.05, 0) is 21.1 Å². The van der Waals surface area contributed by atoms with Crippen molar-refractivity contribution in [2.24, 2.45) is 0 Å². The lowest BCUT2D eigenvalue weighted by molar-refractivity contribution is 0.505. The third-order valence-electron chi connectivity index (χ3n) is 0.167. The van der Waals surface area contributed by atoms with Gasteiger partial charge in [0.1, 0.15) is 0 Å². The summed E-state index contributed by atoms with van der Waals surface area (Å²) in [6.45, 7) is 3.35. The van der Waals surface area contributed by atoms with Crippen molar-refractivity contribution in [1.29, 1.82) is 0 Å². The Hall–Kier alpha value is -0.235. The molecule has 46 valence electrons. The first-order chi connectivity index (χ1) is 3.65. The van der Waals surface area contributed by atoms with Crippen molar-refractivity contribution in [3.8, 4) is 0 Å². The van der Waals surface area contributed by atoms with Crippen LogP contribution in [0.25, 0.3) is 0 Å². The van der Waals surface area contributed by atoms with E-state index >= 15 is 0 Å². The zero-order valence-corrected chi connectivity index (χ0v) is 6.02. The summed E-state index contributed by atoms with van der Waals surface area (Å²) in [5.41, 5.74) is 0. The quantitative estimate of drug-likeness (QED) is 0.359. The molecule has 2 heteroatoms. The van der Waals surface area contributed by atoms with Gasteiger partial charge >= 0.3 is 0 Å². The molecule has 0 bridgehead atoms. The van der Waals surface area contributed by atoms with Crippen LogP contribution in [0, 0.1) is 0 Å². The zero-order chi connectivity index (χ0) is 6.99. The highest BCUT2D eigenvalue weighted by atomic mass is 15.0. The molecule has 1 nitrogen and oxygen atoms in total.